The molecule has 5 heteroatoms. The Morgan fingerprint density at radius 3 is 2.83 bits per heavy atom. The molecule has 1 aliphatic rings. The highest BCUT2D eigenvalue weighted by Crippen LogP contribution is 2.35. The fourth-order valence-corrected chi connectivity index (χ4v) is 3.73. The summed E-state index contributed by atoms with van der Waals surface area (Å²) in [6.07, 6.45) is 2.40. The lowest BCUT2D eigenvalue weighted by Gasteiger charge is -2.25. The average molecular weight is 327 g/mol. The number of nitrogens with one attached hydrogen (secondary N) is 1. The standard InChI is InChI=1S/C19H25N3O2/c1-12-7-8-17(24-4)15(10-12)11-18(23)22-9-5-6-16(22)19-13(2)20-21-14(19)3/h7-8,10,16H,5-6,9,11H2,1-4H3,(H,20,21). The molecule has 0 spiro atoms. The van der Waals surface area contributed by atoms with E-state index >= 15 is 0 Å². The number of nitrogens with zero attached hydrogens (tertiary/aromatic N) is 2. The highest BCUT2D eigenvalue weighted by Gasteiger charge is 2.33. The molecule has 1 saturated heterocycles. The molecule has 5 nitrogen and oxygen atoms in total. The highest BCUT2D eigenvalue weighted by atomic mass is 16.5. The number of benzene rings is 1. The number of amides is 1. The Balaban J connectivity index is 1.83. The molecule has 0 radical (unpaired) electrons. The first kappa shape index (κ1) is 16.6. The molecular weight excluding hydrogens is 302 g/mol. The Labute approximate surface area is 143 Å². The summed E-state index contributed by atoms with van der Waals surface area (Å²) in [7, 11) is 1.65. The van der Waals surface area contributed by atoms with Crippen LogP contribution in [0.4, 0.5) is 0 Å². The van der Waals surface area contributed by atoms with E-state index in [0.29, 0.717) is 6.42 Å². The Morgan fingerprint density at radius 1 is 1.38 bits per heavy atom. The number of aromatic nitrogens is 2. The third-order valence-electron chi connectivity index (χ3n) is 4.87. The summed E-state index contributed by atoms with van der Waals surface area (Å²) in [5.74, 6) is 0.932. The van der Waals surface area contributed by atoms with E-state index in [1.54, 1.807) is 7.11 Å². The minimum Gasteiger partial charge on any atom is -0.496 e. The molecule has 1 fully saturated rings. The summed E-state index contributed by atoms with van der Waals surface area (Å²) in [6.45, 7) is 6.87. The van der Waals surface area contributed by atoms with Gasteiger partial charge in [0, 0.05) is 23.4 Å². The third kappa shape index (κ3) is 3.03. The number of H-pyrrole nitrogens is 1. The lowest BCUT2D eigenvalue weighted by atomic mass is 10.0. The lowest BCUT2D eigenvalue weighted by molar-refractivity contribution is -0.131. The Hall–Kier alpha value is -2.30. The average Bonchev–Trinajstić information content (AvgIpc) is 3.14. The molecule has 24 heavy (non-hydrogen) atoms. The number of carbonyl (C=O) groups excluding carboxylic acids is 1. The van der Waals surface area contributed by atoms with E-state index < -0.39 is 0 Å². The topological polar surface area (TPSA) is 58.2 Å². The van der Waals surface area contributed by atoms with Gasteiger partial charge in [-0.1, -0.05) is 17.7 Å². The summed E-state index contributed by atoms with van der Waals surface area (Å²) >= 11 is 0. The van der Waals surface area contributed by atoms with Crippen LogP contribution in [0.1, 0.15) is 47.0 Å². The second-order valence-electron chi connectivity index (χ2n) is 6.58. The second kappa shape index (κ2) is 6.67. The van der Waals surface area contributed by atoms with E-state index in [0.717, 1.165) is 47.7 Å². The van der Waals surface area contributed by atoms with Crippen molar-refractivity contribution in [1.82, 2.24) is 15.1 Å². The first-order valence-corrected chi connectivity index (χ1v) is 8.45. The van der Waals surface area contributed by atoms with E-state index in [-0.39, 0.29) is 11.9 Å². The maximum Gasteiger partial charge on any atom is 0.227 e. The van der Waals surface area contributed by atoms with Gasteiger partial charge < -0.3 is 9.64 Å². The van der Waals surface area contributed by atoms with E-state index in [9.17, 15) is 4.79 Å². The highest BCUT2D eigenvalue weighted by molar-refractivity contribution is 5.80. The van der Waals surface area contributed by atoms with E-state index in [1.165, 1.54) is 5.56 Å². The Morgan fingerprint density at radius 2 is 2.17 bits per heavy atom. The minimum atomic E-state index is 0.132. The molecule has 1 N–H and O–H groups in total. The molecule has 1 aromatic carbocycles. The van der Waals surface area contributed by atoms with Gasteiger partial charge in [0.05, 0.1) is 25.3 Å². The zero-order valence-corrected chi connectivity index (χ0v) is 14.8. The van der Waals surface area contributed by atoms with Crippen molar-refractivity contribution in [2.75, 3.05) is 13.7 Å². The molecule has 128 valence electrons. The zero-order chi connectivity index (χ0) is 17.3. The smallest absolute Gasteiger partial charge is 0.227 e. The summed E-state index contributed by atoms with van der Waals surface area (Å²) in [4.78, 5) is 15.0. The molecule has 3 rings (SSSR count). The van der Waals surface area contributed by atoms with Crippen LogP contribution in [0.3, 0.4) is 0 Å². The summed E-state index contributed by atoms with van der Waals surface area (Å²) < 4.78 is 5.42. The van der Waals surface area contributed by atoms with Crippen molar-refractivity contribution in [2.24, 2.45) is 0 Å². The largest absolute Gasteiger partial charge is 0.496 e. The predicted molar refractivity (Wildman–Crippen MR) is 93.2 cm³/mol. The van der Waals surface area contributed by atoms with Crippen molar-refractivity contribution < 1.29 is 9.53 Å². The Bertz CT molecular complexity index is 732. The molecule has 1 atom stereocenters. The van der Waals surface area contributed by atoms with Crippen molar-refractivity contribution in [3.8, 4) is 5.75 Å². The molecule has 2 heterocycles. The predicted octanol–water partition coefficient (Wildman–Crippen LogP) is 3.25. The van der Waals surface area contributed by atoms with Crippen LogP contribution in [0.15, 0.2) is 18.2 Å². The van der Waals surface area contributed by atoms with Gasteiger partial charge in [-0.25, -0.2) is 0 Å². The Kier molecular flexibility index (Phi) is 4.60. The molecule has 0 saturated carbocycles. The third-order valence-corrected chi connectivity index (χ3v) is 4.87. The number of carbonyl (C=O) groups is 1. The first-order valence-electron chi connectivity index (χ1n) is 8.45. The minimum absolute atomic E-state index is 0.132. The van der Waals surface area contributed by atoms with E-state index in [2.05, 4.69) is 10.2 Å². The number of aromatic amines is 1. The summed E-state index contributed by atoms with van der Waals surface area (Å²) in [5.41, 5.74) is 5.32. The zero-order valence-electron chi connectivity index (χ0n) is 14.8. The van der Waals surface area contributed by atoms with Crippen LogP contribution in [0.25, 0.3) is 0 Å². The SMILES string of the molecule is COc1ccc(C)cc1CC(=O)N1CCCC1c1c(C)n[nH]c1C. The van der Waals surface area contributed by atoms with Crippen molar-refractivity contribution in [3.05, 3.63) is 46.3 Å². The summed E-state index contributed by atoms with van der Waals surface area (Å²) in [6, 6.07) is 6.11. The van der Waals surface area contributed by atoms with Gasteiger partial charge in [-0.05, 0) is 39.7 Å². The van der Waals surface area contributed by atoms with Gasteiger partial charge in [-0.15, -0.1) is 0 Å². The fourth-order valence-electron chi connectivity index (χ4n) is 3.73. The number of aryl methyl sites for hydroxylation is 3. The van der Waals surface area contributed by atoms with Crippen molar-refractivity contribution in [2.45, 2.75) is 46.1 Å². The number of likely N-dealkylation sites (tertiary alicyclic amines) is 1. The van der Waals surface area contributed by atoms with Crippen LogP contribution in [0.5, 0.6) is 5.75 Å². The molecule has 1 amide bonds. The normalized spacial score (nSPS) is 17.3. The van der Waals surface area contributed by atoms with Crippen molar-refractivity contribution in [3.63, 3.8) is 0 Å². The fraction of sp³-hybridized carbons (Fsp3) is 0.474. The van der Waals surface area contributed by atoms with Crippen LogP contribution in [-0.2, 0) is 11.2 Å². The number of hydrogen-bond donors (Lipinski definition) is 1. The lowest BCUT2D eigenvalue weighted by Crippen LogP contribution is -2.32. The number of methoxy groups -OCH3 is 1. The quantitative estimate of drug-likeness (QED) is 0.938. The van der Waals surface area contributed by atoms with Crippen LogP contribution in [-0.4, -0.2) is 34.7 Å². The van der Waals surface area contributed by atoms with Crippen LogP contribution >= 0.6 is 0 Å². The number of ether oxygens (including phenoxy) is 1. The molecular formula is C19H25N3O2. The number of rotatable bonds is 4. The van der Waals surface area contributed by atoms with Crippen LogP contribution in [0.2, 0.25) is 0 Å². The van der Waals surface area contributed by atoms with E-state index in [4.69, 9.17) is 4.74 Å². The molecule has 1 aliphatic heterocycles. The molecule has 1 aromatic heterocycles. The molecule has 1 unspecified atom stereocenters. The summed E-state index contributed by atoms with van der Waals surface area (Å²) in [5, 5.41) is 7.34. The maximum absolute atomic E-state index is 13.0. The van der Waals surface area contributed by atoms with Crippen molar-refractivity contribution >= 4 is 5.91 Å². The van der Waals surface area contributed by atoms with Gasteiger partial charge in [0.25, 0.3) is 0 Å². The first-order chi connectivity index (χ1) is 11.5. The molecule has 0 aliphatic carbocycles. The second-order valence-corrected chi connectivity index (χ2v) is 6.58. The van der Waals surface area contributed by atoms with Gasteiger partial charge in [0.1, 0.15) is 5.75 Å². The molecule has 0 bridgehead atoms. The van der Waals surface area contributed by atoms with Gasteiger partial charge in [0.15, 0.2) is 0 Å². The number of hydrogen-bond acceptors (Lipinski definition) is 3. The monoisotopic (exact) mass is 327 g/mol. The van der Waals surface area contributed by atoms with Gasteiger partial charge in [-0.2, -0.15) is 5.10 Å². The van der Waals surface area contributed by atoms with E-state index in [1.807, 2.05) is 43.9 Å². The van der Waals surface area contributed by atoms with Crippen LogP contribution < -0.4 is 4.74 Å². The van der Waals surface area contributed by atoms with Gasteiger partial charge in [0.2, 0.25) is 5.91 Å². The molecule has 2 aromatic rings. The van der Waals surface area contributed by atoms with Gasteiger partial charge in [-0.3, -0.25) is 9.89 Å². The van der Waals surface area contributed by atoms with Crippen LogP contribution in [0, 0.1) is 20.8 Å². The van der Waals surface area contributed by atoms with Gasteiger partial charge >= 0.3 is 0 Å². The maximum atomic E-state index is 13.0. The van der Waals surface area contributed by atoms with Crippen molar-refractivity contribution in [1.29, 1.82) is 0 Å².